The molecule has 0 fully saturated rings. The van der Waals surface area contributed by atoms with Gasteiger partial charge in [-0.15, -0.1) is 12.4 Å². The topological polar surface area (TPSA) is 34.4 Å². The number of halogens is 2. The van der Waals surface area contributed by atoms with Crippen molar-refractivity contribution < 1.29 is 9.15 Å². The van der Waals surface area contributed by atoms with Crippen LogP contribution in [0.4, 0.5) is 0 Å². The second-order valence-corrected chi connectivity index (χ2v) is 5.71. The summed E-state index contributed by atoms with van der Waals surface area (Å²) in [5, 5.41) is 4.11. The summed E-state index contributed by atoms with van der Waals surface area (Å²) >= 11 is 5.89. The Labute approximate surface area is 149 Å². The molecule has 2 aromatic rings. The van der Waals surface area contributed by atoms with Crippen LogP contribution in [-0.2, 0) is 11.3 Å². The van der Waals surface area contributed by atoms with Crippen molar-refractivity contribution >= 4 is 24.0 Å². The Morgan fingerprint density at radius 1 is 1.04 bits per heavy atom. The first-order valence-corrected chi connectivity index (χ1v) is 8.30. The lowest BCUT2D eigenvalue weighted by atomic mass is 10.2. The monoisotopic (exact) mass is 357 g/mol. The Bertz CT molecular complexity index is 540. The van der Waals surface area contributed by atoms with E-state index in [2.05, 4.69) is 12.2 Å². The lowest BCUT2D eigenvalue weighted by molar-refractivity contribution is 0.128. The highest BCUT2D eigenvalue weighted by molar-refractivity contribution is 6.30. The molecule has 1 aromatic heterocycles. The molecule has 0 radical (unpaired) electrons. The highest BCUT2D eigenvalue weighted by Crippen LogP contribution is 2.23. The number of benzene rings is 1. The smallest absolute Gasteiger partial charge is 0.134 e. The van der Waals surface area contributed by atoms with Gasteiger partial charge in [0.15, 0.2) is 0 Å². The third-order valence-corrected chi connectivity index (χ3v) is 3.63. The van der Waals surface area contributed by atoms with Gasteiger partial charge >= 0.3 is 0 Å². The van der Waals surface area contributed by atoms with Crippen molar-refractivity contribution in [2.24, 2.45) is 0 Å². The molecule has 0 aliphatic heterocycles. The van der Waals surface area contributed by atoms with E-state index in [4.69, 9.17) is 20.8 Å². The molecule has 1 heterocycles. The van der Waals surface area contributed by atoms with E-state index < -0.39 is 0 Å². The summed E-state index contributed by atoms with van der Waals surface area (Å²) in [5.41, 5.74) is 1.04. The zero-order chi connectivity index (χ0) is 15.6. The molecule has 0 aliphatic carbocycles. The van der Waals surface area contributed by atoms with Gasteiger partial charge in [0.05, 0.1) is 6.54 Å². The van der Waals surface area contributed by atoms with Crippen molar-refractivity contribution in [2.45, 2.75) is 32.7 Å². The minimum absolute atomic E-state index is 0. The number of hydrogen-bond donors (Lipinski definition) is 1. The van der Waals surface area contributed by atoms with Crippen LogP contribution in [0.5, 0.6) is 0 Å². The van der Waals surface area contributed by atoms with Crippen LogP contribution in [0.2, 0.25) is 5.02 Å². The second-order valence-electron chi connectivity index (χ2n) is 5.27. The minimum Gasteiger partial charge on any atom is -0.460 e. The van der Waals surface area contributed by atoms with Crippen molar-refractivity contribution in [3.63, 3.8) is 0 Å². The van der Waals surface area contributed by atoms with Gasteiger partial charge in [-0.3, -0.25) is 0 Å². The standard InChI is InChI=1S/C18H24ClNO2.ClH/c1-2-3-12-21-13-4-11-20-14-17-9-10-18(22-17)15-5-7-16(19)8-6-15;/h5-10,20H,2-4,11-14H2,1H3;1H. The third-order valence-electron chi connectivity index (χ3n) is 3.37. The van der Waals surface area contributed by atoms with Crippen LogP contribution in [-0.4, -0.2) is 19.8 Å². The van der Waals surface area contributed by atoms with Crippen molar-refractivity contribution in [2.75, 3.05) is 19.8 Å². The van der Waals surface area contributed by atoms with Crippen LogP contribution in [0.1, 0.15) is 31.9 Å². The molecule has 5 heteroatoms. The van der Waals surface area contributed by atoms with Crippen LogP contribution in [0, 0.1) is 0 Å². The summed E-state index contributed by atoms with van der Waals surface area (Å²) in [4.78, 5) is 0. The molecule has 128 valence electrons. The number of furan rings is 1. The Morgan fingerprint density at radius 2 is 1.78 bits per heavy atom. The van der Waals surface area contributed by atoms with E-state index in [1.807, 2.05) is 36.4 Å². The molecule has 0 atom stereocenters. The van der Waals surface area contributed by atoms with Gasteiger partial charge in [0, 0.05) is 23.8 Å². The fraction of sp³-hybridized carbons (Fsp3) is 0.444. The molecule has 3 nitrogen and oxygen atoms in total. The maximum absolute atomic E-state index is 5.89. The maximum atomic E-state index is 5.89. The maximum Gasteiger partial charge on any atom is 0.134 e. The number of rotatable bonds is 10. The van der Waals surface area contributed by atoms with E-state index in [9.17, 15) is 0 Å². The first-order chi connectivity index (χ1) is 10.8. The van der Waals surface area contributed by atoms with Gasteiger partial charge < -0.3 is 14.5 Å². The molecule has 0 amide bonds. The molecule has 23 heavy (non-hydrogen) atoms. The molecular formula is C18H25Cl2NO2. The average molecular weight is 358 g/mol. The molecular weight excluding hydrogens is 333 g/mol. The van der Waals surface area contributed by atoms with Gasteiger partial charge in [-0.25, -0.2) is 0 Å². The number of unbranched alkanes of at least 4 members (excludes halogenated alkanes) is 1. The van der Waals surface area contributed by atoms with Crippen molar-refractivity contribution in [3.8, 4) is 11.3 Å². The molecule has 0 bridgehead atoms. The van der Waals surface area contributed by atoms with Gasteiger partial charge in [0.25, 0.3) is 0 Å². The van der Waals surface area contributed by atoms with E-state index in [-0.39, 0.29) is 12.4 Å². The Balaban J connectivity index is 0.00000264. The predicted molar refractivity (Wildman–Crippen MR) is 98.5 cm³/mol. The molecule has 0 unspecified atom stereocenters. The largest absolute Gasteiger partial charge is 0.460 e. The molecule has 0 saturated heterocycles. The SMILES string of the molecule is CCCCOCCCNCc1ccc(-c2ccc(Cl)cc2)o1.Cl. The average Bonchev–Trinajstić information content (AvgIpc) is 2.99. The lowest BCUT2D eigenvalue weighted by Gasteiger charge is -2.04. The van der Waals surface area contributed by atoms with Crippen LogP contribution in [0.15, 0.2) is 40.8 Å². The van der Waals surface area contributed by atoms with Gasteiger partial charge in [-0.2, -0.15) is 0 Å². The quantitative estimate of drug-likeness (QED) is 0.584. The van der Waals surface area contributed by atoms with Crippen LogP contribution in [0.3, 0.4) is 0 Å². The van der Waals surface area contributed by atoms with Gasteiger partial charge in [-0.1, -0.05) is 24.9 Å². The summed E-state index contributed by atoms with van der Waals surface area (Å²) in [6.07, 6.45) is 3.36. The highest BCUT2D eigenvalue weighted by Gasteiger charge is 2.04. The molecule has 1 N–H and O–H groups in total. The second kappa shape index (κ2) is 11.5. The van der Waals surface area contributed by atoms with E-state index in [1.165, 1.54) is 6.42 Å². The summed E-state index contributed by atoms with van der Waals surface area (Å²) in [7, 11) is 0. The Kier molecular flexibility index (Phi) is 10.0. The Hall–Kier alpha value is -1.00. The fourth-order valence-electron chi connectivity index (χ4n) is 2.10. The molecule has 0 aliphatic rings. The first-order valence-electron chi connectivity index (χ1n) is 7.92. The minimum atomic E-state index is 0. The lowest BCUT2D eigenvalue weighted by Crippen LogP contribution is -2.16. The van der Waals surface area contributed by atoms with Crippen LogP contribution in [0.25, 0.3) is 11.3 Å². The third kappa shape index (κ3) is 7.40. The molecule has 2 rings (SSSR count). The Morgan fingerprint density at radius 3 is 2.52 bits per heavy atom. The summed E-state index contributed by atoms with van der Waals surface area (Å²) in [6, 6.07) is 11.7. The number of ether oxygens (including phenoxy) is 1. The van der Waals surface area contributed by atoms with Crippen LogP contribution < -0.4 is 5.32 Å². The van der Waals surface area contributed by atoms with E-state index in [1.54, 1.807) is 0 Å². The first kappa shape index (κ1) is 20.0. The predicted octanol–water partition coefficient (Wildman–Crippen LogP) is 5.32. The van der Waals surface area contributed by atoms with E-state index >= 15 is 0 Å². The normalized spacial score (nSPS) is 10.5. The molecule has 0 saturated carbocycles. The zero-order valence-corrected chi connectivity index (χ0v) is 15.1. The summed E-state index contributed by atoms with van der Waals surface area (Å²) in [5.74, 6) is 1.81. The van der Waals surface area contributed by atoms with Gasteiger partial charge in [-0.05, 0) is 55.8 Å². The number of nitrogens with one attached hydrogen (secondary N) is 1. The number of hydrogen-bond acceptors (Lipinski definition) is 3. The van der Waals surface area contributed by atoms with Gasteiger partial charge in [0.2, 0.25) is 0 Å². The summed E-state index contributed by atoms with van der Waals surface area (Å²) < 4.78 is 11.4. The molecule has 1 aromatic carbocycles. The van der Waals surface area contributed by atoms with E-state index in [0.717, 1.165) is 61.3 Å². The van der Waals surface area contributed by atoms with Gasteiger partial charge in [0.1, 0.15) is 11.5 Å². The van der Waals surface area contributed by atoms with Crippen molar-refractivity contribution in [1.82, 2.24) is 5.32 Å². The molecule has 0 spiro atoms. The zero-order valence-electron chi connectivity index (χ0n) is 13.5. The van der Waals surface area contributed by atoms with Crippen molar-refractivity contribution in [1.29, 1.82) is 0 Å². The van der Waals surface area contributed by atoms with E-state index in [0.29, 0.717) is 0 Å². The summed E-state index contributed by atoms with van der Waals surface area (Å²) in [6.45, 7) is 5.54. The van der Waals surface area contributed by atoms with Crippen molar-refractivity contribution in [3.05, 3.63) is 47.2 Å². The highest BCUT2D eigenvalue weighted by atomic mass is 35.5. The fourth-order valence-corrected chi connectivity index (χ4v) is 2.23. The van der Waals surface area contributed by atoms with Crippen LogP contribution >= 0.6 is 24.0 Å².